The highest BCUT2D eigenvalue weighted by atomic mass is 35.5. The fourth-order valence-corrected chi connectivity index (χ4v) is 2.98. The summed E-state index contributed by atoms with van der Waals surface area (Å²) in [6, 6.07) is 0. The minimum atomic E-state index is -0.0832. The van der Waals surface area contributed by atoms with Crippen LogP contribution in [0.1, 0.15) is 71.6 Å². The monoisotopic (exact) mass is 290 g/mol. The molecule has 0 radical (unpaired) electrons. The van der Waals surface area contributed by atoms with Gasteiger partial charge in [0.25, 0.3) is 0 Å². The predicted molar refractivity (Wildman–Crippen MR) is 83.6 cm³/mol. The van der Waals surface area contributed by atoms with Gasteiger partial charge >= 0.3 is 0 Å². The van der Waals surface area contributed by atoms with E-state index in [9.17, 15) is 4.79 Å². The van der Waals surface area contributed by atoms with Crippen LogP contribution in [0, 0.1) is 5.92 Å². The number of hydrogen-bond donors (Lipinski definition) is 2. The van der Waals surface area contributed by atoms with Gasteiger partial charge in [-0.1, -0.05) is 46.0 Å². The molecule has 19 heavy (non-hydrogen) atoms. The van der Waals surface area contributed by atoms with E-state index in [1.807, 2.05) is 0 Å². The van der Waals surface area contributed by atoms with Crippen LogP contribution in [-0.2, 0) is 4.79 Å². The van der Waals surface area contributed by atoms with E-state index < -0.39 is 0 Å². The Morgan fingerprint density at radius 3 is 2.42 bits per heavy atom. The van der Waals surface area contributed by atoms with Gasteiger partial charge in [0, 0.05) is 13.0 Å². The number of carbonyl (C=O) groups excluding carboxylic acids is 1. The number of carbonyl (C=O) groups is 1. The fourth-order valence-electron chi connectivity index (χ4n) is 2.98. The maximum Gasteiger partial charge on any atom is 0.220 e. The van der Waals surface area contributed by atoms with Crippen molar-refractivity contribution < 1.29 is 4.79 Å². The van der Waals surface area contributed by atoms with E-state index in [0.717, 1.165) is 19.3 Å². The topological polar surface area (TPSA) is 55.1 Å². The summed E-state index contributed by atoms with van der Waals surface area (Å²) < 4.78 is 0. The van der Waals surface area contributed by atoms with Crippen LogP contribution in [0.15, 0.2) is 0 Å². The first-order valence-corrected chi connectivity index (χ1v) is 7.67. The quantitative estimate of drug-likeness (QED) is 0.720. The van der Waals surface area contributed by atoms with E-state index in [1.165, 1.54) is 32.1 Å². The van der Waals surface area contributed by atoms with E-state index in [4.69, 9.17) is 5.73 Å². The average Bonchev–Trinajstić information content (AvgIpc) is 2.83. The highest BCUT2D eigenvalue weighted by molar-refractivity contribution is 5.85. The summed E-state index contributed by atoms with van der Waals surface area (Å²) in [5.74, 6) is 0.756. The van der Waals surface area contributed by atoms with Crippen LogP contribution in [-0.4, -0.2) is 18.0 Å². The third-order valence-corrected chi connectivity index (χ3v) is 4.37. The van der Waals surface area contributed by atoms with Crippen molar-refractivity contribution in [1.29, 1.82) is 0 Å². The molecular formula is C15H31ClN2O. The van der Waals surface area contributed by atoms with Crippen LogP contribution in [0.25, 0.3) is 0 Å². The summed E-state index contributed by atoms with van der Waals surface area (Å²) in [6.07, 6.45) is 9.91. The lowest BCUT2D eigenvalue weighted by atomic mass is 9.93. The van der Waals surface area contributed by atoms with E-state index in [1.54, 1.807) is 0 Å². The molecule has 1 fully saturated rings. The first-order valence-electron chi connectivity index (χ1n) is 7.67. The minimum absolute atomic E-state index is 0. The standard InChI is InChI=1S/C15H30N2O.ClH/c1-3-5-8-13(4-2)11-14(18)17-15(12-16)9-6-7-10-15;/h13H,3-12,16H2,1-2H3,(H,17,18);1H. The molecule has 0 aromatic rings. The second kappa shape index (κ2) is 9.60. The van der Waals surface area contributed by atoms with Crippen molar-refractivity contribution in [3.63, 3.8) is 0 Å². The lowest BCUT2D eigenvalue weighted by Crippen LogP contribution is -2.51. The Kier molecular flexibility index (Phi) is 9.46. The van der Waals surface area contributed by atoms with E-state index >= 15 is 0 Å². The molecule has 3 N–H and O–H groups in total. The Labute approximate surface area is 124 Å². The molecule has 1 amide bonds. The highest BCUT2D eigenvalue weighted by Gasteiger charge is 2.33. The summed E-state index contributed by atoms with van der Waals surface area (Å²) in [5.41, 5.74) is 5.76. The van der Waals surface area contributed by atoms with Gasteiger partial charge in [-0.2, -0.15) is 0 Å². The molecule has 0 aromatic heterocycles. The molecule has 1 rings (SSSR count). The number of rotatable bonds is 8. The van der Waals surface area contributed by atoms with Crippen molar-refractivity contribution in [3.8, 4) is 0 Å². The maximum atomic E-state index is 12.1. The van der Waals surface area contributed by atoms with Gasteiger partial charge in [-0.3, -0.25) is 4.79 Å². The van der Waals surface area contributed by atoms with Gasteiger partial charge in [0.15, 0.2) is 0 Å². The molecule has 0 aromatic carbocycles. The molecule has 1 aliphatic rings. The van der Waals surface area contributed by atoms with E-state index in [-0.39, 0.29) is 23.9 Å². The normalized spacial score (nSPS) is 18.7. The zero-order valence-corrected chi connectivity index (χ0v) is 13.4. The van der Waals surface area contributed by atoms with Gasteiger partial charge in [-0.25, -0.2) is 0 Å². The van der Waals surface area contributed by atoms with Gasteiger partial charge in [0.1, 0.15) is 0 Å². The first kappa shape index (κ1) is 18.7. The van der Waals surface area contributed by atoms with Gasteiger partial charge in [-0.05, 0) is 25.2 Å². The third kappa shape index (κ3) is 6.13. The number of nitrogens with two attached hydrogens (primary N) is 1. The van der Waals surface area contributed by atoms with Gasteiger partial charge in [0.05, 0.1) is 5.54 Å². The molecule has 0 aliphatic heterocycles. The minimum Gasteiger partial charge on any atom is -0.349 e. The molecule has 0 spiro atoms. The smallest absolute Gasteiger partial charge is 0.220 e. The Morgan fingerprint density at radius 1 is 1.32 bits per heavy atom. The van der Waals surface area contributed by atoms with Gasteiger partial charge < -0.3 is 11.1 Å². The fraction of sp³-hybridized carbons (Fsp3) is 0.933. The maximum absolute atomic E-state index is 12.1. The highest BCUT2D eigenvalue weighted by Crippen LogP contribution is 2.29. The van der Waals surface area contributed by atoms with Crippen LogP contribution in [0.3, 0.4) is 0 Å². The number of hydrogen-bond acceptors (Lipinski definition) is 2. The van der Waals surface area contributed by atoms with E-state index in [2.05, 4.69) is 19.2 Å². The van der Waals surface area contributed by atoms with Gasteiger partial charge in [-0.15, -0.1) is 12.4 Å². The largest absolute Gasteiger partial charge is 0.349 e. The molecule has 1 atom stereocenters. The van der Waals surface area contributed by atoms with Crippen LogP contribution in [0.4, 0.5) is 0 Å². The molecule has 0 heterocycles. The van der Waals surface area contributed by atoms with Crippen LogP contribution < -0.4 is 11.1 Å². The Morgan fingerprint density at radius 2 is 1.95 bits per heavy atom. The Hall–Kier alpha value is -0.280. The number of amides is 1. The lowest BCUT2D eigenvalue weighted by molar-refractivity contribution is -0.123. The average molecular weight is 291 g/mol. The molecule has 3 nitrogen and oxygen atoms in total. The Balaban J connectivity index is 0.00000324. The zero-order valence-electron chi connectivity index (χ0n) is 12.5. The van der Waals surface area contributed by atoms with Gasteiger partial charge in [0.2, 0.25) is 5.91 Å². The van der Waals surface area contributed by atoms with E-state index in [0.29, 0.717) is 18.9 Å². The SMILES string of the molecule is CCCCC(CC)CC(=O)NC1(CN)CCCC1.Cl. The number of halogens is 1. The zero-order chi connectivity index (χ0) is 13.4. The van der Waals surface area contributed by atoms with Crippen LogP contribution >= 0.6 is 12.4 Å². The third-order valence-electron chi connectivity index (χ3n) is 4.37. The lowest BCUT2D eigenvalue weighted by Gasteiger charge is -2.29. The van der Waals surface area contributed by atoms with Crippen molar-refractivity contribution in [3.05, 3.63) is 0 Å². The first-order chi connectivity index (χ1) is 8.65. The second-order valence-corrected chi connectivity index (χ2v) is 5.86. The molecule has 0 saturated heterocycles. The Bertz CT molecular complexity index is 253. The predicted octanol–water partition coefficient (Wildman–Crippen LogP) is 3.40. The van der Waals surface area contributed by atoms with Crippen molar-refractivity contribution in [2.75, 3.05) is 6.54 Å². The van der Waals surface area contributed by atoms with Crippen molar-refractivity contribution in [2.45, 2.75) is 77.2 Å². The molecule has 1 saturated carbocycles. The summed E-state index contributed by atoms with van der Waals surface area (Å²) in [4.78, 5) is 12.1. The second-order valence-electron chi connectivity index (χ2n) is 5.86. The molecular weight excluding hydrogens is 260 g/mol. The summed E-state index contributed by atoms with van der Waals surface area (Å²) in [7, 11) is 0. The van der Waals surface area contributed by atoms with Crippen LogP contribution in [0.2, 0.25) is 0 Å². The molecule has 4 heteroatoms. The van der Waals surface area contributed by atoms with Crippen molar-refractivity contribution in [1.82, 2.24) is 5.32 Å². The summed E-state index contributed by atoms with van der Waals surface area (Å²) in [6.45, 7) is 4.97. The van der Waals surface area contributed by atoms with Crippen molar-refractivity contribution >= 4 is 18.3 Å². The summed E-state index contributed by atoms with van der Waals surface area (Å²) >= 11 is 0. The molecule has 0 bridgehead atoms. The number of nitrogens with one attached hydrogen (secondary N) is 1. The number of unbranched alkanes of at least 4 members (excludes halogenated alkanes) is 1. The molecule has 1 aliphatic carbocycles. The van der Waals surface area contributed by atoms with Crippen molar-refractivity contribution in [2.24, 2.45) is 11.7 Å². The van der Waals surface area contributed by atoms with Crippen LogP contribution in [0.5, 0.6) is 0 Å². The molecule has 1 unspecified atom stereocenters. The summed E-state index contributed by atoms with van der Waals surface area (Å²) in [5, 5.41) is 3.22. The molecule has 114 valence electrons.